The highest BCUT2D eigenvalue weighted by molar-refractivity contribution is 5.93. The first-order valence-corrected chi connectivity index (χ1v) is 14.2. The molecule has 0 unspecified atom stereocenters. The maximum atomic E-state index is 11.5. The molecule has 0 radical (unpaired) electrons. The SMILES string of the molecule is COC(=O)c1cccc(Cc2nc3nccnc3[nH]2)c1.Nc1nccnc1N.O=C(NO)c1cccc(Cc2nc3nccnc3[nH]2)c1. The summed E-state index contributed by atoms with van der Waals surface area (Å²) in [5.41, 5.74) is 17.3. The van der Waals surface area contributed by atoms with E-state index in [1.165, 1.54) is 19.5 Å². The third-order valence-corrected chi connectivity index (χ3v) is 6.50. The molecule has 5 heterocycles. The molecule has 0 bridgehead atoms. The summed E-state index contributed by atoms with van der Waals surface area (Å²) >= 11 is 0. The molecule has 5 aromatic heterocycles. The Bertz CT molecular complexity index is 1950. The predicted octanol–water partition coefficient (Wildman–Crippen LogP) is 2.43. The number of nitrogens with two attached hydrogens (primary N) is 2. The van der Waals surface area contributed by atoms with Crippen LogP contribution in [0.3, 0.4) is 0 Å². The second-order valence-electron chi connectivity index (χ2n) is 9.84. The highest BCUT2D eigenvalue weighted by Crippen LogP contribution is 2.14. The van der Waals surface area contributed by atoms with E-state index in [0.29, 0.717) is 52.4 Å². The van der Waals surface area contributed by atoms with E-state index >= 15 is 0 Å². The number of nitrogens with one attached hydrogen (secondary N) is 3. The minimum absolute atomic E-state index is 0.285. The fourth-order valence-corrected chi connectivity index (χ4v) is 4.31. The van der Waals surface area contributed by atoms with Crippen LogP contribution in [0.4, 0.5) is 11.6 Å². The number of H-pyrrole nitrogens is 2. The van der Waals surface area contributed by atoms with Gasteiger partial charge in [-0.2, -0.15) is 0 Å². The van der Waals surface area contributed by atoms with Crippen molar-refractivity contribution in [3.8, 4) is 0 Å². The number of ether oxygens (including phenoxy) is 1. The van der Waals surface area contributed by atoms with Crippen LogP contribution in [0.25, 0.3) is 22.6 Å². The number of imidazole rings is 2. The molecule has 242 valence electrons. The number of amides is 1. The zero-order valence-corrected chi connectivity index (χ0v) is 25.4. The maximum absolute atomic E-state index is 11.5. The summed E-state index contributed by atoms with van der Waals surface area (Å²) in [6.07, 6.45) is 10.5. The van der Waals surface area contributed by atoms with Gasteiger partial charge in [0.1, 0.15) is 11.6 Å². The van der Waals surface area contributed by atoms with E-state index in [0.717, 1.165) is 17.0 Å². The molecule has 2 aromatic carbocycles. The molecule has 7 rings (SSSR count). The van der Waals surface area contributed by atoms with E-state index in [2.05, 4.69) is 49.8 Å². The zero-order valence-electron chi connectivity index (χ0n) is 25.4. The van der Waals surface area contributed by atoms with Crippen LogP contribution in [0.15, 0.2) is 85.7 Å². The second kappa shape index (κ2) is 15.4. The lowest BCUT2D eigenvalue weighted by Crippen LogP contribution is -2.18. The van der Waals surface area contributed by atoms with Crippen molar-refractivity contribution in [1.29, 1.82) is 0 Å². The molecule has 17 heteroatoms. The maximum Gasteiger partial charge on any atom is 0.337 e. The molecule has 0 spiro atoms. The van der Waals surface area contributed by atoms with Gasteiger partial charge in [0.05, 0.1) is 12.7 Å². The normalized spacial score (nSPS) is 10.4. The predicted molar refractivity (Wildman–Crippen MR) is 173 cm³/mol. The van der Waals surface area contributed by atoms with Gasteiger partial charge in [-0.3, -0.25) is 10.0 Å². The quantitative estimate of drug-likeness (QED) is 0.0860. The number of esters is 1. The summed E-state index contributed by atoms with van der Waals surface area (Å²) in [6, 6.07) is 14.2. The van der Waals surface area contributed by atoms with Gasteiger partial charge in [0, 0.05) is 55.6 Å². The molecule has 0 aliphatic carbocycles. The minimum Gasteiger partial charge on any atom is -0.465 e. The number of hydroxylamine groups is 1. The summed E-state index contributed by atoms with van der Waals surface area (Å²) in [4.78, 5) is 61.5. The van der Waals surface area contributed by atoms with Crippen molar-refractivity contribution in [2.24, 2.45) is 0 Å². The minimum atomic E-state index is -0.542. The van der Waals surface area contributed by atoms with E-state index < -0.39 is 5.91 Å². The lowest BCUT2D eigenvalue weighted by molar-refractivity contribution is 0.0600. The highest BCUT2D eigenvalue weighted by atomic mass is 16.5. The van der Waals surface area contributed by atoms with Crippen LogP contribution < -0.4 is 16.9 Å². The first kappa shape index (κ1) is 32.5. The fourth-order valence-electron chi connectivity index (χ4n) is 4.31. The third-order valence-electron chi connectivity index (χ3n) is 6.50. The Kier molecular flexibility index (Phi) is 10.4. The summed E-state index contributed by atoms with van der Waals surface area (Å²) in [7, 11) is 1.37. The largest absolute Gasteiger partial charge is 0.465 e. The van der Waals surface area contributed by atoms with Crippen molar-refractivity contribution in [2.45, 2.75) is 12.8 Å². The molecule has 0 fully saturated rings. The van der Waals surface area contributed by atoms with Gasteiger partial charge < -0.3 is 26.2 Å². The van der Waals surface area contributed by atoms with Crippen molar-refractivity contribution in [3.63, 3.8) is 0 Å². The number of methoxy groups -OCH3 is 1. The Morgan fingerprint density at radius 3 is 1.62 bits per heavy atom. The van der Waals surface area contributed by atoms with Crippen molar-refractivity contribution in [1.82, 2.24) is 55.3 Å². The number of benzene rings is 2. The summed E-state index contributed by atoms with van der Waals surface area (Å²) < 4.78 is 4.71. The number of aromatic amines is 2. The molecule has 8 N–H and O–H groups in total. The molecule has 0 aliphatic rings. The van der Waals surface area contributed by atoms with Crippen LogP contribution in [0.1, 0.15) is 43.5 Å². The van der Waals surface area contributed by atoms with E-state index in [9.17, 15) is 9.59 Å². The number of fused-ring (bicyclic) bond motifs is 2. The van der Waals surface area contributed by atoms with Gasteiger partial charge in [0.25, 0.3) is 5.91 Å². The van der Waals surface area contributed by atoms with Crippen molar-refractivity contribution < 1.29 is 19.5 Å². The topological polar surface area (TPSA) is 262 Å². The molecule has 7 aromatic rings. The zero-order chi connectivity index (χ0) is 33.9. The smallest absolute Gasteiger partial charge is 0.337 e. The van der Waals surface area contributed by atoms with E-state index in [1.54, 1.807) is 60.6 Å². The van der Waals surface area contributed by atoms with Crippen LogP contribution in [0.2, 0.25) is 0 Å². The Labute approximate surface area is 271 Å². The average molecular weight is 648 g/mol. The molecule has 0 atom stereocenters. The van der Waals surface area contributed by atoms with Crippen LogP contribution >= 0.6 is 0 Å². The first-order chi connectivity index (χ1) is 23.3. The van der Waals surface area contributed by atoms with Crippen LogP contribution in [-0.2, 0) is 17.6 Å². The summed E-state index contributed by atoms with van der Waals surface area (Å²) in [5, 5.41) is 8.63. The number of nitrogens with zero attached hydrogens (tertiary/aromatic N) is 8. The summed E-state index contributed by atoms with van der Waals surface area (Å²) in [5.74, 6) is 1.15. The van der Waals surface area contributed by atoms with Gasteiger partial charge in [0.2, 0.25) is 0 Å². The van der Waals surface area contributed by atoms with Crippen LogP contribution in [-0.4, -0.2) is 74.0 Å². The van der Waals surface area contributed by atoms with Crippen molar-refractivity contribution in [2.75, 3.05) is 18.6 Å². The standard InChI is InChI=1S/C14H12N4O2.C13H11N5O2.C4H6N4/c1-20-14(19)10-4-2-3-9(7-10)8-11-17-12-13(18-11)16-6-5-15-12;19-13(18-20)9-3-1-2-8(6-9)7-10-16-11-12(17-10)15-5-4-14-11;5-3-4(6)8-2-1-7-3/h2-7H,8H2,1H3,(H,15,16,17,18);1-6,20H,7H2,(H,18,19)(H,14,15,16,17);1-2H,(H2,5,7)(H2,6,8). The second-order valence-corrected chi connectivity index (χ2v) is 9.84. The third kappa shape index (κ3) is 8.43. The van der Waals surface area contributed by atoms with Gasteiger partial charge in [-0.05, 0) is 35.4 Å². The fraction of sp³-hybridized carbons (Fsp3) is 0.0968. The molecular weight excluding hydrogens is 618 g/mol. The number of carbonyl (C=O) groups is 2. The van der Waals surface area contributed by atoms with Crippen molar-refractivity contribution >= 4 is 46.1 Å². The molecule has 0 saturated carbocycles. The number of hydrogen-bond donors (Lipinski definition) is 6. The molecule has 48 heavy (non-hydrogen) atoms. The first-order valence-electron chi connectivity index (χ1n) is 14.2. The number of nitrogen functional groups attached to an aromatic ring is 2. The van der Waals surface area contributed by atoms with Gasteiger partial charge in [0.15, 0.2) is 34.2 Å². The molecule has 17 nitrogen and oxygen atoms in total. The lowest BCUT2D eigenvalue weighted by atomic mass is 10.1. The van der Waals surface area contributed by atoms with Gasteiger partial charge in [-0.1, -0.05) is 24.3 Å². The van der Waals surface area contributed by atoms with Crippen molar-refractivity contribution in [3.05, 3.63) is 120 Å². The van der Waals surface area contributed by atoms with E-state index in [1.807, 2.05) is 18.2 Å². The monoisotopic (exact) mass is 647 g/mol. The van der Waals surface area contributed by atoms with Crippen LogP contribution in [0, 0.1) is 0 Å². The van der Waals surface area contributed by atoms with Gasteiger partial charge in [-0.15, -0.1) is 0 Å². The van der Waals surface area contributed by atoms with E-state index in [4.69, 9.17) is 21.4 Å². The number of carbonyl (C=O) groups excluding carboxylic acids is 2. The van der Waals surface area contributed by atoms with Crippen LogP contribution in [0.5, 0.6) is 0 Å². The Morgan fingerprint density at radius 2 is 1.17 bits per heavy atom. The molecular formula is C31H29N13O4. The number of rotatable bonds is 6. The average Bonchev–Trinajstić information content (AvgIpc) is 3.72. The lowest BCUT2D eigenvalue weighted by Gasteiger charge is -2.02. The van der Waals surface area contributed by atoms with E-state index in [-0.39, 0.29) is 17.6 Å². The molecule has 0 saturated heterocycles. The van der Waals surface area contributed by atoms with Gasteiger partial charge >= 0.3 is 5.97 Å². The Hall–Kier alpha value is -6.88. The highest BCUT2D eigenvalue weighted by Gasteiger charge is 2.10. The Balaban J connectivity index is 0.000000154. The van der Waals surface area contributed by atoms with Gasteiger partial charge in [-0.25, -0.2) is 50.1 Å². The molecule has 1 amide bonds. The number of hydrogen-bond acceptors (Lipinski definition) is 14. The Morgan fingerprint density at radius 1 is 0.708 bits per heavy atom. The summed E-state index contributed by atoms with van der Waals surface area (Å²) in [6.45, 7) is 0. The number of aromatic nitrogens is 10. The molecule has 0 aliphatic heterocycles. The number of anilines is 2.